The average Bonchev–Trinajstić information content (AvgIpc) is 2.85. The van der Waals surface area contributed by atoms with Crippen molar-refractivity contribution >= 4 is 43.0 Å². The van der Waals surface area contributed by atoms with Gasteiger partial charge in [-0.3, -0.25) is 0 Å². The van der Waals surface area contributed by atoms with E-state index in [-0.39, 0.29) is 0 Å². The minimum Gasteiger partial charge on any atom is -0.144 e. The van der Waals surface area contributed by atoms with E-state index in [2.05, 4.69) is 60.0 Å². The minimum atomic E-state index is 1.31. The van der Waals surface area contributed by atoms with Crippen molar-refractivity contribution in [1.82, 2.24) is 0 Å². The van der Waals surface area contributed by atoms with Crippen LogP contribution in [0, 0.1) is 0 Å². The highest BCUT2D eigenvalue weighted by atomic mass is 32.1. The highest BCUT2D eigenvalue weighted by Gasteiger charge is 2.02. The van der Waals surface area contributed by atoms with E-state index in [0.29, 0.717) is 0 Å². The second-order valence-corrected chi connectivity index (χ2v) is 5.27. The van der Waals surface area contributed by atoms with Crippen LogP contribution in [0.15, 0.2) is 60.0 Å². The van der Waals surface area contributed by atoms with Crippen LogP contribution in [-0.4, -0.2) is 0 Å². The molecule has 0 unspecified atom stereocenters. The quantitative estimate of drug-likeness (QED) is 0.366. The predicted molar refractivity (Wildman–Crippen MR) is 76.8 cm³/mol. The molecule has 80 valence electrons. The highest BCUT2D eigenvalue weighted by Crippen LogP contribution is 2.31. The van der Waals surface area contributed by atoms with Crippen molar-refractivity contribution in [2.75, 3.05) is 0 Å². The van der Waals surface area contributed by atoms with Crippen molar-refractivity contribution in [2.24, 2.45) is 0 Å². The van der Waals surface area contributed by atoms with E-state index >= 15 is 0 Å². The molecule has 4 rings (SSSR count). The van der Waals surface area contributed by atoms with Crippen LogP contribution >= 0.6 is 11.3 Å². The maximum absolute atomic E-state index is 2.31. The van der Waals surface area contributed by atoms with Gasteiger partial charge in [-0.2, -0.15) is 0 Å². The molecule has 0 N–H and O–H groups in total. The number of benzene rings is 3. The predicted octanol–water partition coefficient (Wildman–Crippen LogP) is 5.21. The molecule has 1 heteroatoms. The Labute approximate surface area is 103 Å². The van der Waals surface area contributed by atoms with E-state index in [4.69, 9.17) is 0 Å². The van der Waals surface area contributed by atoms with E-state index in [9.17, 15) is 0 Å². The molecule has 0 atom stereocenters. The van der Waals surface area contributed by atoms with Crippen LogP contribution in [0.4, 0.5) is 0 Å². The Bertz CT molecular complexity index is 840. The second-order valence-electron chi connectivity index (χ2n) is 4.32. The molecular weight excluding hydrogens is 224 g/mol. The van der Waals surface area contributed by atoms with Crippen molar-refractivity contribution in [3.8, 4) is 0 Å². The first-order valence-corrected chi connectivity index (χ1v) is 6.58. The Hall–Kier alpha value is -1.86. The molecule has 0 spiro atoms. The van der Waals surface area contributed by atoms with Crippen LogP contribution in [0.25, 0.3) is 31.6 Å². The molecule has 0 bridgehead atoms. The summed E-state index contributed by atoms with van der Waals surface area (Å²) in [7, 11) is 0. The molecule has 0 nitrogen and oxygen atoms in total. The Morgan fingerprint density at radius 2 is 1.47 bits per heavy atom. The van der Waals surface area contributed by atoms with Crippen molar-refractivity contribution in [1.29, 1.82) is 0 Å². The number of fused-ring (bicyclic) bond motifs is 4. The molecule has 0 aliphatic heterocycles. The Morgan fingerprint density at radius 1 is 0.647 bits per heavy atom. The van der Waals surface area contributed by atoms with Gasteiger partial charge < -0.3 is 0 Å². The zero-order valence-electron chi connectivity index (χ0n) is 9.18. The van der Waals surface area contributed by atoms with Crippen LogP contribution in [-0.2, 0) is 0 Å². The van der Waals surface area contributed by atoms with Gasteiger partial charge in [0.05, 0.1) is 0 Å². The molecule has 0 aliphatic carbocycles. The van der Waals surface area contributed by atoms with Crippen LogP contribution < -0.4 is 0 Å². The molecule has 1 heterocycles. The first-order chi connectivity index (χ1) is 8.42. The van der Waals surface area contributed by atoms with Gasteiger partial charge in [-0.1, -0.05) is 30.3 Å². The molecule has 0 radical (unpaired) electrons. The Morgan fingerprint density at radius 3 is 2.35 bits per heavy atom. The van der Waals surface area contributed by atoms with Crippen LogP contribution in [0.3, 0.4) is 0 Å². The smallest absolute Gasteiger partial charge is 0.0349 e. The third-order valence-electron chi connectivity index (χ3n) is 3.32. The van der Waals surface area contributed by atoms with Gasteiger partial charge in [0.2, 0.25) is 0 Å². The van der Waals surface area contributed by atoms with E-state index in [0.717, 1.165) is 0 Å². The fourth-order valence-corrected chi connectivity index (χ4v) is 3.27. The normalized spacial score (nSPS) is 11.5. The molecule has 3 aromatic carbocycles. The Kier molecular flexibility index (Phi) is 1.79. The van der Waals surface area contributed by atoms with E-state index in [1.165, 1.54) is 31.6 Å². The SMILES string of the molecule is c1ccc2cc3c(ccc4sccc43)cc2c1. The van der Waals surface area contributed by atoms with Crippen LogP contribution in [0.5, 0.6) is 0 Å². The fraction of sp³-hybridized carbons (Fsp3) is 0. The summed E-state index contributed by atoms with van der Waals surface area (Å²) in [6.45, 7) is 0. The summed E-state index contributed by atoms with van der Waals surface area (Å²) >= 11 is 1.81. The number of hydrogen-bond acceptors (Lipinski definition) is 1. The summed E-state index contributed by atoms with van der Waals surface area (Å²) in [6.07, 6.45) is 0. The lowest BCUT2D eigenvalue weighted by molar-refractivity contribution is 1.80. The molecule has 0 amide bonds. The van der Waals surface area contributed by atoms with Crippen molar-refractivity contribution in [3.63, 3.8) is 0 Å². The topological polar surface area (TPSA) is 0 Å². The molecule has 0 aliphatic rings. The highest BCUT2D eigenvalue weighted by molar-refractivity contribution is 7.17. The summed E-state index contributed by atoms with van der Waals surface area (Å²) in [4.78, 5) is 0. The fourth-order valence-electron chi connectivity index (χ4n) is 2.47. The van der Waals surface area contributed by atoms with Gasteiger partial charge in [0, 0.05) is 10.1 Å². The number of hydrogen-bond donors (Lipinski definition) is 0. The zero-order chi connectivity index (χ0) is 11.2. The van der Waals surface area contributed by atoms with Crippen molar-refractivity contribution < 1.29 is 0 Å². The molecule has 0 fully saturated rings. The molecule has 17 heavy (non-hydrogen) atoms. The van der Waals surface area contributed by atoms with E-state index in [1.54, 1.807) is 0 Å². The van der Waals surface area contributed by atoms with Crippen LogP contribution in [0.2, 0.25) is 0 Å². The molecular formula is C16H10S. The Balaban J connectivity index is 2.29. The number of rotatable bonds is 0. The summed E-state index contributed by atoms with van der Waals surface area (Å²) in [5.74, 6) is 0. The zero-order valence-corrected chi connectivity index (χ0v) is 10.00. The summed E-state index contributed by atoms with van der Waals surface area (Å²) < 4.78 is 1.37. The lowest BCUT2D eigenvalue weighted by Crippen LogP contribution is -1.76. The van der Waals surface area contributed by atoms with Crippen LogP contribution in [0.1, 0.15) is 0 Å². The first-order valence-electron chi connectivity index (χ1n) is 5.70. The van der Waals surface area contributed by atoms with Gasteiger partial charge >= 0.3 is 0 Å². The summed E-state index contributed by atoms with van der Waals surface area (Å²) in [5, 5.41) is 8.86. The second kappa shape index (κ2) is 3.31. The average molecular weight is 234 g/mol. The van der Waals surface area contributed by atoms with E-state index < -0.39 is 0 Å². The number of thiophene rings is 1. The largest absolute Gasteiger partial charge is 0.144 e. The third kappa shape index (κ3) is 1.29. The lowest BCUT2D eigenvalue weighted by Gasteiger charge is -2.03. The van der Waals surface area contributed by atoms with Gasteiger partial charge in [-0.25, -0.2) is 0 Å². The summed E-state index contributed by atoms with van der Waals surface area (Å²) in [6, 6.07) is 19.8. The van der Waals surface area contributed by atoms with Gasteiger partial charge in [0.15, 0.2) is 0 Å². The van der Waals surface area contributed by atoms with Gasteiger partial charge in [-0.15, -0.1) is 11.3 Å². The van der Waals surface area contributed by atoms with Crippen molar-refractivity contribution in [2.45, 2.75) is 0 Å². The monoisotopic (exact) mass is 234 g/mol. The van der Waals surface area contributed by atoms with Gasteiger partial charge in [0.1, 0.15) is 0 Å². The maximum atomic E-state index is 2.31. The molecule has 1 aromatic heterocycles. The molecule has 0 saturated heterocycles. The van der Waals surface area contributed by atoms with Gasteiger partial charge in [0.25, 0.3) is 0 Å². The standard InChI is InChI=1S/C16H10S/c1-2-4-12-10-15-13(9-11(12)3-1)5-6-16-14(15)7-8-17-16/h1-10H. The maximum Gasteiger partial charge on any atom is 0.0349 e. The molecule has 0 saturated carbocycles. The van der Waals surface area contributed by atoms with Crippen molar-refractivity contribution in [3.05, 3.63) is 60.0 Å². The first kappa shape index (κ1) is 9.20. The minimum absolute atomic E-state index is 1.31. The van der Waals surface area contributed by atoms with E-state index in [1.807, 2.05) is 11.3 Å². The third-order valence-corrected chi connectivity index (χ3v) is 4.20. The summed E-state index contributed by atoms with van der Waals surface area (Å²) in [5.41, 5.74) is 0. The lowest BCUT2D eigenvalue weighted by atomic mass is 10.0. The molecule has 4 aromatic rings. The van der Waals surface area contributed by atoms with Gasteiger partial charge in [-0.05, 0) is 51.2 Å².